The van der Waals surface area contributed by atoms with Crippen LogP contribution in [0.1, 0.15) is 30.7 Å². The van der Waals surface area contributed by atoms with Gasteiger partial charge in [0.05, 0.1) is 11.5 Å². The van der Waals surface area contributed by atoms with Crippen molar-refractivity contribution in [3.63, 3.8) is 0 Å². The van der Waals surface area contributed by atoms with Crippen LogP contribution in [-0.4, -0.2) is 39.7 Å². The van der Waals surface area contributed by atoms with Gasteiger partial charge in [-0.2, -0.15) is 0 Å². The number of carbonyl (C=O) groups excluding carboxylic acids is 3. The molecule has 0 bridgehead atoms. The van der Waals surface area contributed by atoms with E-state index in [1.54, 1.807) is 6.08 Å². The fraction of sp³-hybridized carbons (Fsp3) is 0.269. The molecule has 1 saturated heterocycles. The number of thioether (sulfide) groups is 1. The molecule has 3 aromatic rings. The van der Waals surface area contributed by atoms with Crippen molar-refractivity contribution in [3.05, 3.63) is 76.3 Å². The minimum atomic E-state index is -0.581. The van der Waals surface area contributed by atoms with Crippen molar-refractivity contribution in [2.75, 3.05) is 13.2 Å². The minimum absolute atomic E-state index is 0.181. The van der Waals surface area contributed by atoms with Crippen LogP contribution < -0.4 is 0 Å². The molecule has 0 aliphatic carbocycles. The van der Waals surface area contributed by atoms with Crippen LogP contribution in [0, 0.1) is 12.8 Å². The summed E-state index contributed by atoms with van der Waals surface area (Å²) in [6, 6.07) is 18.2. The number of rotatable bonds is 7. The van der Waals surface area contributed by atoms with Crippen LogP contribution >= 0.6 is 11.8 Å². The molecule has 0 saturated carbocycles. The van der Waals surface area contributed by atoms with Crippen molar-refractivity contribution in [1.29, 1.82) is 0 Å². The van der Waals surface area contributed by atoms with Gasteiger partial charge in [0.2, 0.25) is 0 Å². The zero-order valence-corrected chi connectivity index (χ0v) is 19.7. The number of imide groups is 1. The quantitative estimate of drug-likeness (QED) is 0.355. The minimum Gasteiger partial charge on any atom is -0.464 e. The highest BCUT2D eigenvalue weighted by Gasteiger charge is 2.37. The van der Waals surface area contributed by atoms with Gasteiger partial charge in [0.15, 0.2) is 0 Å². The number of nitrogens with zero attached hydrogens (tertiary/aromatic N) is 2. The van der Waals surface area contributed by atoms with E-state index < -0.39 is 17.1 Å². The molecule has 170 valence electrons. The second kappa shape index (κ2) is 9.67. The third kappa shape index (κ3) is 4.88. The summed E-state index contributed by atoms with van der Waals surface area (Å²) < 4.78 is 7.35. The molecule has 2 heterocycles. The monoisotopic (exact) mass is 462 g/mol. The first kappa shape index (κ1) is 22.9. The molecule has 1 fully saturated rings. The smallest absolute Gasteiger partial charge is 0.326 e. The first-order valence-corrected chi connectivity index (χ1v) is 11.7. The fourth-order valence-corrected chi connectivity index (χ4v) is 4.63. The highest BCUT2D eigenvalue weighted by molar-refractivity contribution is 8.18. The summed E-state index contributed by atoms with van der Waals surface area (Å²) in [5, 5.41) is 0.549. The van der Waals surface area contributed by atoms with E-state index in [1.165, 1.54) is 5.56 Å². The van der Waals surface area contributed by atoms with Crippen LogP contribution in [0.4, 0.5) is 4.79 Å². The van der Waals surface area contributed by atoms with Gasteiger partial charge < -0.3 is 9.30 Å². The van der Waals surface area contributed by atoms with Crippen LogP contribution in [-0.2, 0) is 20.9 Å². The molecule has 0 N–H and O–H groups in total. The number of hydrogen-bond donors (Lipinski definition) is 0. The molecule has 4 rings (SSSR count). The lowest BCUT2D eigenvalue weighted by atomic mass is 10.1. The van der Waals surface area contributed by atoms with Crippen LogP contribution in [0.2, 0.25) is 0 Å². The summed E-state index contributed by atoms with van der Waals surface area (Å²) in [5.74, 6) is -0.867. The van der Waals surface area contributed by atoms with Crippen LogP contribution in [0.25, 0.3) is 17.0 Å². The standard InChI is InChI=1S/C26H26N2O4S/c1-17(2)16-32-24(29)15-28-25(30)23(33-26(28)31)13-21-18(3)27(14-19-9-5-4-6-10-19)22-12-8-7-11-20(21)22/h4-13,17H,14-16H2,1-3H3/b23-13-. The highest BCUT2D eigenvalue weighted by Crippen LogP contribution is 2.35. The third-order valence-electron chi connectivity index (χ3n) is 5.48. The first-order chi connectivity index (χ1) is 15.8. The van der Waals surface area contributed by atoms with E-state index in [0.29, 0.717) is 11.4 Å². The van der Waals surface area contributed by atoms with Crippen LogP contribution in [0.3, 0.4) is 0 Å². The second-order valence-corrected chi connectivity index (χ2v) is 9.43. The predicted molar refractivity (Wildman–Crippen MR) is 131 cm³/mol. The number of ether oxygens (including phenoxy) is 1. The molecule has 6 nitrogen and oxygen atoms in total. The van der Waals surface area contributed by atoms with Crippen molar-refractivity contribution in [3.8, 4) is 0 Å². The molecular formula is C26H26N2O4S. The molecule has 0 radical (unpaired) electrons. The predicted octanol–water partition coefficient (Wildman–Crippen LogP) is 5.23. The van der Waals surface area contributed by atoms with Crippen LogP contribution in [0.5, 0.6) is 0 Å². The van der Waals surface area contributed by atoms with E-state index in [-0.39, 0.29) is 19.1 Å². The van der Waals surface area contributed by atoms with Gasteiger partial charge in [0.25, 0.3) is 11.1 Å². The molecule has 0 atom stereocenters. The lowest BCUT2D eigenvalue weighted by molar-refractivity contribution is -0.147. The fourth-order valence-electron chi connectivity index (χ4n) is 3.81. The van der Waals surface area contributed by atoms with Gasteiger partial charge in [-0.1, -0.05) is 62.4 Å². The lowest BCUT2D eigenvalue weighted by Crippen LogP contribution is -2.34. The number of esters is 1. The number of hydrogen-bond acceptors (Lipinski definition) is 5. The molecule has 7 heteroatoms. The highest BCUT2D eigenvalue weighted by atomic mass is 32.2. The Kier molecular flexibility index (Phi) is 6.70. The number of fused-ring (bicyclic) bond motifs is 1. The Labute approximate surface area is 197 Å². The number of aromatic nitrogens is 1. The van der Waals surface area contributed by atoms with E-state index >= 15 is 0 Å². The average Bonchev–Trinajstić information content (AvgIpc) is 3.21. The second-order valence-electron chi connectivity index (χ2n) is 8.43. The molecule has 0 spiro atoms. The average molecular weight is 463 g/mol. The van der Waals surface area contributed by atoms with Gasteiger partial charge >= 0.3 is 5.97 Å². The first-order valence-electron chi connectivity index (χ1n) is 10.9. The largest absolute Gasteiger partial charge is 0.464 e. The number of para-hydroxylation sites is 1. The maximum absolute atomic E-state index is 12.9. The third-order valence-corrected chi connectivity index (χ3v) is 6.38. The van der Waals surface area contributed by atoms with E-state index in [2.05, 4.69) is 22.8 Å². The van der Waals surface area contributed by atoms with Gasteiger partial charge in [0.1, 0.15) is 6.54 Å². The molecule has 33 heavy (non-hydrogen) atoms. The number of amides is 2. The molecule has 2 aromatic carbocycles. The van der Waals surface area contributed by atoms with Gasteiger partial charge in [-0.15, -0.1) is 0 Å². The maximum Gasteiger partial charge on any atom is 0.326 e. The zero-order chi connectivity index (χ0) is 23.5. The number of benzene rings is 2. The van der Waals surface area contributed by atoms with Crippen molar-refractivity contribution in [2.45, 2.75) is 27.3 Å². The molecule has 1 aliphatic heterocycles. The van der Waals surface area contributed by atoms with E-state index in [4.69, 9.17) is 4.74 Å². The Morgan fingerprint density at radius 3 is 2.48 bits per heavy atom. The summed E-state index contributed by atoms with van der Waals surface area (Å²) >= 11 is 0.855. The van der Waals surface area contributed by atoms with Crippen molar-refractivity contribution < 1.29 is 19.1 Å². The zero-order valence-electron chi connectivity index (χ0n) is 18.9. The summed E-state index contributed by atoms with van der Waals surface area (Å²) in [4.78, 5) is 38.7. The lowest BCUT2D eigenvalue weighted by Gasteiger charge is -2.12. The summed E-state index contributed by atoms with van der Waals surface area (Å²) in [7, 11) is 0. The normalized spacial score (nSPS) is 15.3. The van der Waals surface area contributed by atoms with E-state index in [9.17, 15) is 14.4 Å². The van der Waals surface area contributed by atoms with Gasteiger partial charge in [-0.3, -0.25) is 19.3 Å². The SMILES string of the molecule is Cc1c(/C=C2\SC(=O)N(CC(=O)OCC(C)C)C2=O)c2ccccc2n1Cc1ccccc1. The Balaban J connectivity index is 1.64. The van der Waals surface area contributed by atoms with Crippen molar-refractivity contribution >= 4 is 45.9 Å². The summed E-state index contributed by atoms with van der Waals surface area (Å²) in [5.41, 5.74) is 4.13. The molecular weight excluding hydrogens is 436 g/mol. The molecule has 2 amide bonds. The Morgan fingerprint density at radius 2 is 1.76 bits per heavy atom. The topological polar surface area (TPSA) is 68.6 Å². The maximum atomic E-state index is 12.9. The molecule has 1 aromatic heterocycles. The Bertz CT molecular complexity index is 1240. The van der Waals surface area contributed by atoms with Crippen LogP contribution in [0.15, 0.2) is 59.5 Å². The summed E-state index contributed by atoms with van der Waals surface area (Å²) in [6.45, 7) is 6.44. The Morgan fingerprint density at radius 1 is 1.06 bits per heavy atom. The Hall–Kier alpha value is -3.32. The van der Waals surface area contributed by atoms with Crippen molar-refractivity contribution in [1.82, 2.24) is 9.47 Å². The van der Waals surface area contributed by atoms with Gasteiger partial charge in [-0.25, -0.2) is 0 Å². The number of carbonyl (C=O) groups is 3. The van der Waals surface area contributed by atoms with Crippen molar-refractivity contribution in [2.24, 2.45) is 5.92 Å². The van der Waals surface area contributed by atoms with E-state index in [0.717, 1.165) is 38.8 Å². The van der Waals surface area contributed by atoms with E-state index in [1.807, 2.05) is 57.2 Å². The summed E-state index contributed by atoms with van der Waals surface area (Å²) in [6.07, 6.45) is 1.77. The van der Waals surface area contributed by atoms with Gasteiger partial charge in [-0.05, 0) is 42.3 Å². The van der Waals surface area contributed by atoms with Gasteiger partial charge in [0, 0.05) is 28.7 Å². The molecule has 0 unspecified atom stereocenters. The molecule has 1 aliphatic rings.